The summed E-state index contributed by atoms with van der Waals surface area (Å²) in [6.07, 6.45) is 8.38. The quantitative estimate of drug-likeness (QED) is 0.449. The number of hydrogen-bond donors (Lipinski definition) is 2. The predicted molar refractivity (Wildman–Crippen MR) is 150 cm³/mol. The van der Waals surface area contributed by atoms with E-state index in [9.17, 15) is 9.59 Å². The third kappa shape index (κ3) is 5.61. The topological polar surface area (TPSA) is 102 Å². The normalized spacial score (nSPS) is 28.3. The van der Waals surface area contributed by atoms with Gasteiger partial charge in [0.1, 0.15) is 11.7 Å². The molecule has 2 N–H and O–H groups in total. The van der Waals surface area contributed by atoms with Crippen LogP contribution in [0.1, 0.15) is 76.4 Å². The van der Waals surface area contributed by atoms with E-state index >= 15 is 0 Å². The summed E-state index contributed by atoms with van der Waals surface area (Å²) in [7, 11) is -0.521. The number of benzene rings is 1. The number of nitrogens with one attached hydrogen (secondary N) is 2. The Kier molecular flexibility index (Phi) is 7.84. The van der Waals surface area contributed by atoms with Gasteiger partial charge in [-0.3, -0.25) is 14.6 Å². The van der Waals surface area contributed by atoms with Gasteiger partial charge in [0, 0.05) is 12.4 Å². The fourth-order valence-electron chi connectivity index (χ4n) is 6.97. The summed E-state index contributed by atoms with van der Waals surface area (Å²) in [6, 6.07) is 9.21. The lowest BCUT2D eigenvalue weighted by Crippen LogP contribution is -2.65. The van der Waals surface area contributed by atoms with Gasteiger partial charge in [-0.05, 0) is 67.8 Å². The molecule has 39 heavy (non-hydrogen) atoms. The molecule has 6 rings (SSSR count). The van der Waals surface area contributed by atoms with Gasteiger partial charge >= 0.3 is 7.12 Å². The van der Waals surface area contributed by atoms with E-state index in [1.54, 1.807) is 0 Å². The summed E-state index contributed by atoms with van der Waals surface area (Å²) in [5.74, 6) is 0.419. The molecule has 208 valence electrons. The lowest BCUT2D eigenvalue weighted by atomic mass is 9.43. The zero-order valence-corrected chi connectivity index (χ0v) is 23.7. The summed E-state index contributed by atoms with van der Waals surface area (Å²) in [5, 5.41) is 6.12. The molecule has 6 atom stereocenters. The number of carbonyl (C=O) groups is 2. The Labute approximate surface area is 232 Å². The first-order chi connectivity index (χ1) is 18.6. The van der Waals surface area contributed by atoms with Crippen LogP contribution in [0.3, 0.4) is 0 Å². The van der Waals surface area contributed by atoms with Gasteiger partial charge in [-0.15, -0.1) is 0 Å². The van der Waals surface area contributed by atoms with Crippen LogP contribution in [-0.2, 0) is 20.5 Å². The molecule has 1 aliphatic heterocycles. The largest absolute Gasteiger partial charge is 0.481 e. The average molecular weight is 532 g/mol. The van der Waals surface area contributed by atoms with Gasteiger partial charge in [-0.2, -0.15) is 0 Å². The highest BCUT2D eigenvalue weighted by Crippen LogP contribution is 2.65. The van der Waals surface area contributed by atoms with Crippen molar-refractivity contribution in [2.24, 2.45) is 23.2 Å². The first-order valence-corrected chi connectivity index (χ1v) is 14.3. The van der Waals surface area contributed by atoms with E-state index in [-0.39, 0.29) is 34.7 Å². The van der Waals surface area contributed by atoms with Crippen LogP contribution in [0.5, 0.6) is 0 Å². The van der Waals surface area contributed by atoms with E-state index in [4.69, 9.17) is 9.31 Å². The molecule has 3 aliphatic carbocycles. The predicted octanol–water partition coefficient (Wildman–Crippen LogP) is 4.01. The molecule has 9 heteroatoms. The van der Waals surface area contributed by atoms with Gasteiger partial charge in [0.15, 0.2) is 0 Å². The number of carbonyl (C=O) groups excluding carboxylic acids is 2. The van der Waals surface area contributed by atoms with Crippen molar-refractivity contribution in [2.45, 2.75) is 90.4 Å². The highest BCUT2D eigenvalue weighted by Gasteiger charge is 2.68. The Balaban J connectivity index is 1.31. The van der Waals surface area contributed by atoms with E-state index in [2.05, 4.69) is 55.2 Å². The molecule has 2 bridgehead atoms. The second-order valence-corrected chi connectivity index (χ2v) is 12.7. The Hall–Kier alpha value is -2.78. The number of rotatable bonds is 10. The molecule has 2 aromatic rings. The number of nitrogens with zero attached hydrogens (tertiary/aromatic N) is 2. The SMILES string of the molecule is CC(C)C[C@H](NC(=O)[C@H](CCc1ccccc1)NC(=O)c1cnccn1)B1OC2CC3CC(C3(C)C)[C@@]2(C)O1. The van der Waals surface area contributed by atoms with Gasteiger partial charge in [0.05, 0.1) is 23.8 Å². The van der Waals surface area contributed by atoms with Crippen molar-refractivity contribution in [3.05, 3.63) is 60.2 Å². The van der Waals surface area contributed by atoms with Crippen LogP contribution in [0.25, 0.3) is 0 Å². The molecule has 1 saturated heterocycles. The van der Waals surface area contributed by atoms with Crippen molar-refractivity contribution >= 4 is 18.9 Å². The van der Waals surface area contributed by atoms with E-state index in [1.165, 1.54) is 25.0 Å². The average Bonchev–Trinajstić information content (AvgIpc) is 3.28. The standard InChI is InChI=1S/C30H41BN4O4/c1-19(2)15-26(31-38-25-17-21-16-24(29(21,3)4)30(25,5)39-31)35-27(36)22(12-11-20-9-7-6-8-10-20)34-28(37)23-18-32-13-14-33-23/h6-10,13-14,18-19,21-22,24-26H,11-12,15-17H2,1-5H3,(H,34,37)(H,35,36)/t21?,22-,24?,25?,26-,30+/m0/s1. The molecule has 8 nitrogen and oxygen atoms in total. The number of aromatic nitrogens is 2. The molecular weight excluding hydrogens is 491 g/mol. The third-order valence-corrected chi connectivity index (χ3v) is 9.33. The molecule has 3 unspecified atom stereocenters. The van der Waals surface area contributed by atoms with Crippen LogP contribution >= 0.6 is 0 Å². The summed E-state index contributed by atoms with van der Waals surface area (Å²) in [5.41, 5.74) is 1.17. The first-order valence-electron chi connectivity index (χ1n) is 14.3. The number of amides is 2. The van der Waals surface area contributed by atoms with Crippen LogP contribution in [0.4, 0.5) is 0 Å². The van der Waals surface area contributed by atoms with Crippen molar-refractivity contribution in [3.8, 4) is 0 Å². The monoisotopic (exact) mass is 532 g/mol. The van der Waals surface area contributed by atoms with Gasteiger partial charge in [0.25, 0.3) is 5.91 Å². The second kappa shape index (κ2) is 11.0. The molecule has 1 aromatic carbocycles. The molecule has 2 heterocycles. The molecule has 1 aromatic heterocycles. The third-order valence-electron chi connectivity index (χ3n) is 9.33. The maximum Gasteiger partial charge on any atom is 0.481 e. The Morgan fingerprint density at radius 1 is 1.10 bits per heavy atom. The van der Waals surface area contributed by atoms with Crippen LogP contribution in [0.2, 0.25) is 0 Å². The van der Waals surface area contributed by atoms with Crippen molar-refractivity contribution in [3.63, 3.8) is 0 Å². The lowest BCUT2D eigenvalue weighted by Gasteiger charge is -2.64. The van der Waals surface area contributed by atoms with E-state index in [1.807, 2.05) is 30.3 Å². The first kappa shape index (κ1) is 27.8. The van der Waals surface area contributed by atoms with E-state index < -0.39 is 19.1 Å². The minimum absolute atomic E-state index is 0.0380. The zero-order valence-electron chi connectivity index (χ0n) is 23.7. The van der Waals surface area contributed by atoms with Crippen molar-refractivity contribution in [1.82, 2.24) is 20.6 Å². The van der Waals surface area contributed by atoms with Crippen LogP contribution in [0.15, 0.2) is 48.9 Å². The number of hydrogen-bond acceptors (Lipinski definition) is 6. The van der Waals surface area contributed by atoms with Crippen LogP contribution in [-0.4, -0.2) is 52.6 Å². The summed E-state index contributed by atoms with van der Waals surface area (Å²) in [6.45, 7) is 11.1. The lowest BCUT2D eigenvalue weighted by molar-refractivity contribution is -0.199. The molecule has 0 spiro atoms. The summed E-state index contributed by atoms with van der Waals surface area (Å²) >= 11 is 0. The zero-order chi connectivity index (χ0) is 27.8. The fourth-order valence-corrected chi connectivity index (χ4v) is 6.97. The highest BCUT2D eigenvalue weighted by molar-refractivity contribution is 6.48. The summed E-state index contributed by atoms with van der Waals surface area (Å²) < 4.78 is 13.3. The molecule has 0 radical (unpaired) electrons. The molecular formula is C30H41BN4O4. The minimum atomic E-state index is -0.750. The fraction of sp³-hybridized carbons (Fsp3) is 0.600. The van der Waals surface area contributed by atoms with Crippen molar-refractivity contribution < 1.29 is 18.9 Å². The Morgan fingerprint density at radius 2 is 1.87 bits per heavy atom. The van der Waals surface area contributed by atoms with Gasteiger partial charge in [-0.1, -0.05) is 58.0 Å². The van der Waals surface area contributed by atoms with Gasteiger partial charge in [0.2, 0.25) is 5.91 Å². The highest BCUT2D eigenvalue weighted by atomic mass is 16.7. The maximum atomic E-state index is 13.8. The molecule has 4 aliphatic rings. The van der Waals surface area contributed by atoms with Crippen LogP contribution in [0, 0.1) is 23.2 Å². The van der Waals surface area contributed by atoms with Crippen molar-refractivity contribution in [1.29, 1.82) is 0 Å². The summed E-state index contributed by atoms with van der Waals surface area (Å²) in [4.78, 5) is 34.8. The minimum Gasteiger partial charge on any atom is -0.404 e. The van der Waals surface area contributed by atoms with Gasteiger partial charge in [-0.25, -0.2) is 4.98 Å². The second-order valence-electron chi connectivity index (χ2n) is 12.7. The van der Waals surface area contributed by atoms with Gasteiger partial charge < -0.3 is 19.9 Å². The van der Waals surface area contributed by atoms with Crippen LogP contribution < -0.4 is 10.6 Å². The number of aryl methyl sites for hydroxylation is 1. The molecule has 4 fully saturated rings. The smallest absolute Gasteiger partial charge is 0.404 e. The Morgan fingerprint density at radius 3 is 2.54 bits per heavy atom. The Bertz CT molecular complexity index is 1160. The molecule has 2 amide bonds. The van der Waals surface area contributed by atoms with Crippen molar-refractivity contribution in [2.75, 3.05) is 0 Å². The van der Waals surface area contributed by atoms with E-state index in [0.29, 0.717) is 37.0 Å². The maximum absolute atomic E-state index is 13.8. The molecule has 3 saturated carbocycles. The van der Waals surface area contributed by atoms with E-state index in [0.717, 1.165) is 12.0 Å².